The van der Waals surface area contributed by atoms with E-state index < -0.39 is 15.9 Å². The summed E-state index contributed by atoms with van der Waals surface area (Å²) in [5.41, 5.74) is 0.991. The van der Waals surface area contributed by atoms with Crippen LogP contribution in [0.4, 0.5) is 0 Å². The lowest BCUT2D eigenvalue weighted by molar-refractivity contribution is 0.0846. The molecule has 1 aromatic carbocycles. The largest absolute Gasteiger partial charge is 0.336 e. The Morgan fingerprint density at radius 1 is 1.30 bits per heavy atom. The van der Waals surface area contributed by atoms with Gasteiger partial charge in [-0.2, -0.15) is 0 Å². The second-order valence-corrected chi connectivity index (χ2v) is 6.57. The van der Waals surface area contributed by atoms with Crippen molar-refractivity contribution in [2.75, 3.05) is 0 Å². The third kappa shape index (κ3) is 2.00. The monoisotopic (exact) mass is 291 g/mol. The van der Waals surface area contributed by atoms with Gasteiger partial charge in [-0.3, -0.25) is 4.79 Å². The van der Waals surface area contributed by atoms with Crippen LogP contribution in [-0.4, -0.2) is 28.2 Å². The van der Waals surface area contributed by atoms with Crippen molar-refractivity contribution in [1.29, 1.82) is 0 Å². The highest BCUT2D eigenvalue weighted by atomic mass is 32.2. The maximum absolute atomic E-state index is 12.4. The maximum Gasteiger partial charge on any atom is 0.268 e. The van der Waals surface area contributed by atoms with Gasteiger partial charge in [0, 0.05) is 25.0 Å². The molecule has 0 aliphatic carbocycles. The Hall–Kier alpha value is -2.15. The molecule has 0 N–H and O–H groups in total. The number of carbonyl (C=O) groups excluding carboxylic acids is 1. The lowest BCUT2D eigenvalue weighted by atomic mass is 10.1. The quantitative estimate of drug-likeness (QED) is 0.824. The molecule has 0 atom stereocenters. The fourth-order valence-corrected chi connectivity index (χ4v) is 3.70. The van der Waals surface area contributed by atoms with E-state index in [2.05, 4.69) is 4.98 Å². The molecule has 0 saturated heterocycles. The van der Waals surface area contributed by atoms with Crippen LogP contribution >= 0.6 is 0 Å². The Bertz CT molecular complexity index is 780. The second-order valence-electron chi connectivity index (χ2n) is 4.68. The SMILES string of the molecule is Cn1ccnc1CN1C(=O)c2ccccc2CS1(=O)=O. The summed E-state index contributed by atoms with van der Waals surface area (Å²) in [4.78, 5) is 16.5. The number of aryl methyl sites for hydroxylation is 1. The number of hydrogen-bond donors (Lipinski definition) is 0. The standard InChI is InChI=1S/C13H13N3O3S/c1-15-7-6-14-12(15)8-16-13(17)11-5-3-2-4-10(11)9-20(16,18)19/h2-7H,8-9H2,1H3. The Balaban J connectivity index is 2.03. The van der Waals surface area contributed by atoms with Crippen molar-refractivity contribution in [1.82, 2.24) is 13.9 Å². The number of aromatic nitrogens is 2. The predicted octanol–water partition coefficient (Wildman–Crippen LogP) is 0.906. The van der Waals surface area contributed by atoms with Crippen LogP contribution in [0.15, 0.2) is 36.7 Å². The first kappa shape index (κ1) is 12.9. The van der Waals surface area contributed by atoms with Crippen LogP contribution < -0.4 is 0 Å². The third-order valence-electron chi connectivity index (χ3n) is 3.35. The number of rotatable bonds is 2. The zero-order valence-electron chi connectivity index (χ0n) is 10.9. The van der Waals surface area contributed by atoms with Crippen molar-refractivity contribution in [2.45, 2.75) is 12.3 Å². The molecule has 7 heteroatoms. The Labute approximate surface area is 116 Å². The first-order valence-electron chi connectivity index (χ1n) is 6.08. The Morgan fingerprint density at radius 2 is 2.05 bits per heavy atom. The van der Waals surface area contributed by atoms with Crippen molar-refractivity contribution >= 4 is 15.9 Å². The number of hydrogen-bond acceptors (Lipinski definition) is 4. The molecule has 1 aromatic heterocycles. The smallest absolute Gasteiger partial charge is 0.268 e. The normalized spacial score (nSPS) is 17.1. The van der Waals surface area contributed by atoms with Crippen LogP contribution in [0.1, 0.15) is 21.7 Å². The minimum absolute atomic E-state index is 0.0427. The van der Waals surface area contributed by atoms with Gasteiger partial charge in [0.2, 0.25) is 10.0 Å². The first-order valence-corrected chi connectivity index (χ1v) is 7.69. The molecular formula is C13H13N3O3S. The van der Waals surface area contributed by atoms with Crippen LogP contribution in [-0.2, 0) is 29.4 Å². The van der Waals surface area contributed by atoms with Gasteiger partial charge in [-0.25, -0.2) is 17.7 Å². The molecule has 6 nitrogen and oxygen atoms in total. The molecule has 0 bridgehead atoms. The molecule has 0 saturated carbocycles. The highest BCUT2D eigenvalue weighted by Gasteiger charge is 2.36. The van der Waals surface area contributed by atoms with E-state index >= 15 is 0 Å². The number of sulfonamides is 1. The van der Waals surface area contributed by atoms with Crippen molar-refractivity contribution in [2.24, 2.45) is 7.05 Å². The highest BCUT2D eigenvalue weighted by Crippen LogP contribution is 2.25. The molecule has 1 aliphatic rings. The van der Waals surface area contributed by atoms with Crippen molar-refractivity contribution < 1.29 is 13.2 Å². The molecule has 3 rings (SSSR count). The molecule has 0 fully saturated rings. The van der Waals surface area contributed by atoms with Gasteiger partial charge in [-0.15, -0.1) is 0 Å². The highest BCUT2D eigenvalue weighted by molar-refractivity contribution is 7.89. The second kappa shape index (κ2) is 4.45. The van der Waals surface area contributed by atoms with Crippen LogP contribution in [0.5, 0.6) is 0 Å². The van der Waals surface area contributed by atoms with Gasteiger partial charge >= 0.3 is 0 Å². The summed E-state index contributed by atoms with van der Waals surface area (Å²) in [7, 11) is -1.89. The topological polar surface area (TPSA) is 72.3 Å². The van der Waals surface area contributed by atoms with E-state index in [9.17, 15) is 13.2 Å². The van der Waals surface area contributed by atoms with Crippen molar-refractivity contribution in [3.8, 4) is 0 Å². The summed E-state index contributed by atoms with van der Waals surface area (Å²) in [6.45, 7) is -0.0427. The van der Waals surface area contributed by atoms with Gasteiger partial charge in [-0.05, 0) is 11.6 Å². The summed E-state index contributed by atoms with van der Waals surface area (Å²) >= 11 is 0. The number of imidazole rings is 1. The predicted molar refractivity (Wildman–Crippen MR) is 72.1 cm³/mol. The van der Waals surface area contributed by atoms with Crippen LogP contribution in [0.2, 0.25) is 0 Å². The summed E-state index contributed by atoms with van der Waals surface area (Å²) in [6, 6.07) is 6.78. The van der Waals surface area contributed by atoms with E-state index in [1.807, 2.05) is 0 Å². The van der Waals surface area contributed by atoms with Gasteiger partial charge in [0.25, 0.3) is 5.91 Å². The zero-order valence-corrected chi connectivity index (χ0v) is 11.7. The third-order valence-corrected chi connectivity index (χ3v) is 5.00. The summed E-state index contributed by atoms with van der Waals surface area (Å²) in [5.74, 6) is -0.115. The van der Waals surface area contributed by atoms with Gasteiger partial charge in [-0.1, -0.05) is 18.2 Å². The van der Waals surface area contributed by atoms with Crippen LogP contribution in [0, 0.1) is 0 Å². The first-order chi connectivity index (χ1) is 9.49. The fourth-order valence-electron chi connectivity index (χ4n) is 2.24. The number of benzene rings is 1. The lowest BCUT2D eigenvalue weighted by Crippen LogP contribution is -2.41. The minimum atomic E-state index is -3.65. The van der Waals surface area contributed by atoms with Gasteiger partial charge in [0.15, 0.2) is 0 Å². The average molecular weight is 291 g/mol. The van der Waals surface area contributed by atoms with Crippen molar-refractivity contribution in [3.63, 3.8) is 0 Å². The van der Waals surface area contributed by atoms with Gasteiger partial charge < -0.3 is 4.57 Å². The number of fused-ring (bicyclic) bond motifs is 1. The molecule has 20 heavy (non-hydrogen) atoms. The molecule has 1 aliphatic heterocycles. The van der Waals surface area contributed by atoms with E-state index in [1.54, 1.807) is 48.3 Å². The zero-order chi connectivity index (χ0) is 14.3. The van der Waals surface area contributed by atoms with E-state index in [1.165, 1.54) is 0 Å². The summed E-state index contributed by atoms with van der Waals surface area (Å²) < 4.78 is 27.1. The number of amides is 1. The molecule has 1 amide bonds. The summed E-state index contributed by atoms with van der Waals surface area (Å²) in [5, 5.41) is 0. The van der Waals surface area contributed by atoms with E-state index in [0.717, 1.165) is 4.31 Å². The fraction of sp³-hybridized carbons (Fsp3) is 0.231. The van der Waals surface area contributed by atoms with Gasteiger partial charge in [0.05, 0.1) is 12.3 Å². The molecular weight excluding hydrogens is 278 g/mol. The van der Waals surface area contributed by atoms with E-state index in [-0.39, 0.29) is 12.3 Å². The van der Waals surface area contributed by atoms with E-state index in [0.29, 0.717) is 17.0 Å². The molecule has 0 spiro atoms. The molecule has 104 valence electrons. The molecule has 0 unspecified atom stereocenters. The van der Waals surface area contributed by atoms with Gasteiger partial charge in [0.1, 0.15) is 5.82 Å². The number of nitrogens with zero attached hydrogens (tertiary/aromatic N) is 3. The Kier molecular flexibility index (Phi) is 2.86. The average Bonchev–Trinajstić information content (AvgIpc) is 2.79. The molecule has 2 aromatic rings. The van der Waals surface area contributed by atoms with Crippen molar-refractivity contribution in [3.05, 3.63) is 53.6 Å². The summed E-state index contributed by atoms with van der Waals surface area (Å²) in [6.07, 6.45) is 3.29. The van der Waals surface area contributed by atoms with Crippen LogP contribution in [0.25, 0.3) is 0 Å². The lowest BCUT2D eigenvalue weighted by Gasteiger charge is -2.27. The maximum atomic E-state index is 12.4. The number of carbonyl (C=O) groups is 1. The van der Waals surface area contributed by atoms with E-state index in [4.69, 9.17) is 0 Å². The minimum Gasteiger partial charge on any atom is -0.336 e. The molecule has 0 radical (unpaired) electrons. The van der Waals surface area contributed by atoms with Crippen LogP contribution in [0.3, 0.4) is 0 Å². The molecule has 2 heterocycles. The Morgan fingerprint density at radius 3 is 2.75 bits per heavy atom.